The summed E-state index contributed by atoms with van der Waals surface area (Å²) >= 11 is 3.19. The third kappa shape index (κ3) is 2.97. The van der Waals surface area contributed by atoms with Gasteiger partial charge in [-0.3, -0.25) is 4.79 Å². The molecule has 1 aliphatic heterocycles. The van der Waals surface area contributed by atoms with E-state index in [4.69, 9.17) is 0 Å². The Balaban J connectivity index is 2.38. The van der Waals surface area contributed by atoms with E-state index in [0.717, 1.165) is 0 Å². The van der Waals surface area contributed by atoms with Crippen LogP contribution in [0.3, 0.4) is 0 Å². The molecule has 1 heterocycles. The number of carboxylic acids is 1. The highest BCUT2D eigenvalue weighted by Crippen LogP contribution is 2.37. The first-order valence-electron chi connectivity index (χ1n) is 5.62. The molecule has 1 N–H and O–H groups in total. The molecule has 2 rings (SSSR count). The zero-order chi connectivity index (χ0) is 14.3. The Morgan fingerprint density at radius 2 is 2.16 bits per heavy atom. The molecule has 7 heteroatoms. The van der Waals surface area contributed by atoms with Gasteiger partial charge in [0.05, 0.1) is 16.9 Å². The minimum atomic E-state index is -3.36. The van der Waals surface area contributed by atoms with Crippen LogP contribution < -0.4 is 0 Å². The molecule has 0 radical (unpaired) electrons. The number of halogens is 2. The predicted octanol–water partition coefficient (Wildman–Crippen LogP) is 2.02. The fraction of sp³-hybridized carbons (Fsp3) is 0.417. The monoisotopic (exact) mass is 350 g/mol. The van der Waals surface area contributed by atoms with E-state index in [1.54, 1.807) is 0 Å². The van der Waals surface area contributed by atoms with Gasteiger partial charge >= 0.3 is 5.97 Å². The van der Waals surface area contributed by atoms with Crippen LogP contribution in [0, 0.1) is 11.2 Å². The van der Waals surface area contributed by atoms with Crippen molar-refractivity contribution in [3.05, 3.63) is 34.1 Å². The molecule has 0 bridgehead atoms. The van der Waals surface area contributed by atoms with Crippen molar-refractivity contribution in [1.29, 1.82) is 0 Å². The molecule has 1 atom stereocenters. The highest BCUT2D eigenvalue weighted by molar-refractivity contribution is 9.10. The first-order chi connectivity index (χ1) is 8.74. The Morgan fingerprint density at radius 1 is 1.47 bits per heavy atom. The van der Waals surface area contributed by atoms with Crippen molar-refractivity contribution in [1.82, 2.24) is 0 Å². The van der Waals surface area contributed by atoms with Gasteiger partial charge in [0.15, 0.2) is 9.84 Å². The number of benzene rings is 1. The number of carboxylic acid groups (broad SMARTS) is 1. The largest absolute Gasteiger partial charge is 0.481 e. The van der Waals surface area contributed by atoms with E-state index >= 15 is 0 Å². The lowest BCUT2D eigenvalue weighted by molar-refractivity contribution is -0.147. The van der Waals surface area contributed by atoms with Gasteiger partial charge < -0.3 is 5.11 Å². The van der Waals surface area contributed by atoms with Crippen molar-refractivity contribution >= 4 is 31.7 Å². The molecule has 4 nitrogen and oxygen atoms in total. The van der Waals surface area contributed by atoms with Gasteiger partial charge in [-0.2, -0.15) is 0 Å². The molecule has 1 aromatic rings. The summed E-state index contributed by atoms with van der Waals surface area (Å²) in [6.07, 6.45) is -0.0938. The summed E-state index contributed by atoms with van der Waals surface area (Å²) in [5.41, 5.74) is -1.20. The van der Waals surface area contributed by atoms with E-state index in [9.17, 15) is 22.7 Å². The highest BCUT2D eigenvalue weighted by Gasteiger charge is 2.48. The fourth-order valence-electron chi connectivity index (χ4n) is 2.34. The lowest BCUT2D eigenvalue weighted by atomic mass is 9.81. The molecule has 104 valence electrons. The number of rotatable bonds is 3. The Kier molecular flexibility index (Phi) is 3.70. The van der Waals surface area contributed by atoms with E-state index in [-0.39, 0.29) is 24.2 Å². The molecular formula is C12H12BrFO4S. The second-order valence-electron chi connectivity index (χ2n) is 4.84. The van der Waals surface area contributed by atoms with E-state index in [0.29, 0.717) is 4.47 Å². The van der Waals surface area contributed by atoms with E-state index < -0.39 is 32.8 Å². The average Bonchev–Trinajstić information content (AvgIpc) is 2.61. The van der Waals surface area contributed by atoms with Crippen molar-refractivity contribution in [2.75, 3.05) is 11.5 Å². The molecule has 1 aliphatic rings. The minimum Gasteiger partial charge on any atom is -0.481 e. The van der Waals surface area contributed by atoms with Crippen molar-refractivity contribution in [3.63, 3.8) is 0 Å². The van der Waals surface area contributed by atoms with Crippen LogP contribution in [0.5, 0.6) is 0 Å². The van der Waals surface area contributed by atoms with Gasteiger partial charge in [-0.15, -0.1) is 0 Å². The Morgan fingerprint density at radius 3 is 2.68 bits per heavy atom. The topological polar surface area (TPSA) is 71.4 Å². The quantitative estimate of drug-likeness (QED) is 0.905. The summed E-state index contributed by atoms with van der Waals surface area (Å²) < 4.78 is 37.4. The van der Waals surface area contributed by atoms with Crippen LogP contribution >= 0.6 is 15.9 Å². The van der Waals surface area contributed by atoms with Gasteiger partial charge in [0.25, 0.3) is 0 Å². The first-order valence-corrected chi connectivity index (χ1v) is 8.23. The summed E-state index contributed by atoms with van der Waals surface area (Å²) in [5, 5.41) is 9.32. The molecule has 19 heavy (non-hydrogen) atoms. The van der Waals surface area contributed by atoms with Crippen molar-refractivity contribution in [3.8, 4) is 0 Å². The summed E-state index contributed by atoms with van der Waals surface area (Å²) in [5.74, 6) is -2.29. The lowest BCUT2D eigenvalue weighted by Crippen LogP contribution is -2.35. The first kappa shape index (κ1) is 14.5. The molecule has 1 fully saturated rings. The van der Waals surface area contributed by atoms with Gasteiger partial charge in [-0.25, -0.2) is 12.8 Å². The van der Waals surface area contributed by atoms with Crippen molar-refractivity contribution in [2.24, 2.45) is 5.41 Å². The fourth-order valence-corrected chi connectivity index (χ4v) is 4.81. The maximum Gasteiger partial charge on any atom is 0.311 e. The lowest BCUT2D eigenvalue weighted by Gasteiger charge is -2.22. The molecule has 0 amide bonds. The molecule has 0 aliphatic carbocycles. The molecular weight excluding hydrogens is 339 g/mol. The van der Waals surface area contributed by atoms with Crippen molar-refractivity contribution in [2.45, 2.75) is 12.8 Å². The van der Waals surface area contributed by atoms with E-state index in [2.05, 4.69) is 15.9 Å². The number of hydrogen-bond donors (Lipinski definition) is 1. The standard InChI is InChI=1S/C12H12BrFO4S/c13-9-1-2-10(14)8(5-9)6-12(11(15)16)3-4-19(17,18)7-12/h1-2,5H,3-4,6-7H2,(H,15,16). The molecule has 0 saturated carbocycles. The molecule has 1 saturated heterocycles. The zero-order valence-corrected chi connectivity index (χ0v) is 12.3. The number of hydrogen-bond acceptors (Lipinski definition) is 3. The third-order valence-electron chi connectivity index (χ3n) is 3.38. The SMILES string of the molecule is O=C(O)C1(Cc2cc(Br)ccc2F)CCS(=O)(=O)C1. The summed E-state index contributed by atoms with van der Waals surface area (Å²) in [6, 6.07) is 4.24. The van der Waals surface area contributed by atoms with Crippen LogP contribution in [0.15, 0.2) is 22.7 Å². The number of carbonyl (C=O) groups is 1. The normalized spacial score (nSPS) is 25.4. The Labute approximate surface area is 118 Å². The summed E-state index contributed by atoms with van der Waals surface area (Å²) in [7, 11) is -3.36. The third-order valence-corrected chi connectivity index (χ3v) is 5.69. The summed E-state index contributed by atoms with van der Waals surface area (Å²) in [4.78, 5) is 11.4. The average molecular weight is 351 g/mol. The Bertz CT molecular complexity index is 629. The summed E-state index contributed by atoms with van der Waals surface area (Å²) in [6.45, 7) is 0. The van der Waals surface area contributed by atoms with Gasteiger partial charge in [0.1, 0.15) is 5.82 Å². The van der Waals surface area contributed by atoms with Crippen LogP contribution in [0.1, 0.15) is 12.0 Å². The molecule has 0 spiro atoms. The predicted molar refractivity (Wildman–Crippen MR) is 71.1 cm³/mol. The maximum atomic E-state index is 13.7. The second kappa shape index (κ2) is 4.86. The van der Waals surface area contributed by atoms with Gasteiger partial charge in [-0.05, 0) is 36.6 Å². The second-order valence-corrected chi connectivity index (χ2v) is 7.94. The molecule has 0 aromatic heterocycles. The zero-order valence-electron chi connectivity index (χ0n) is 9.90. The Hall–Kier alpha value is -0.950. The van der Waals surface area contributed by atoms with Gasteiger partial charge in [0.2, 0.25) is 0 Å². The molecule has 1 unspecified atom stereocenters. The van der Waals surface area contributed by atoms with Gasteiger partial charge in [0, 0.05) is 4.47 Å². The van der Waals surface area contributed by atoms with Crippen LogP contribution in [0.4, 0.5) is 4.39 Å². The number of sulfone groups is 1. The van der Waals surface area contributed by atoms with Crippen molar-refractivity contribution < 1.29 is 22.7 Å². The molecule has 1 aromatic carbocycles. The van der Waals surface area contributed by atoms with E-state index in [1.807, 2.05) is 0 Å². The van der Waals surface area contributed by atoms with E-state index in [1.165, 1.54) is 18.2 Å². The van der Waals surface area contributed by atoms with Crippen LogP contribution in [0.25, 0.3) is 0 Å². The van der Waals surface area contributed by atoms with Crippen LogP contribution in [-0.2, 0) is 21.1 Å². The van der Waals surface area contributed by atoms with Crippen LogP contribution in [0.2, 0.25) is 0 Å². The number of aliphatic carboxylic acids is 1. The smallest absolute Gasteiger partial charge is 0.311 e. The van der Waals surface area contributed by atoms with Gasteiger partial charge in [-0.1, -0.05) is 15.9 Å². The maximum absolute atomic E-state index is 13.7. The minimum absolute atomic E-state index is 0.0244. The highest BCUT2D eigenvalue weighted by atomic mass is 79.9. The van der Waals surface area contributed by atoms with Crippen LogP contribution in [-0.4, -0.2) is 31.0 Å².